The molecule has 0 aliphatic rings. The van der Waals surface area contributed by atoms with Crippen molar-refractivity contribution in [1.82, 2.24) is 0 Å². The standard InChI is InChI=1S/C22H34O4Si/c1-6-10-11-19(7-2)18-24-16-17-25-26-22(23)20-12-14-21(15-13-20)27(5,8-3)9-4/h8-9,12-15,19H,3-4,6-7,10-11,16-18H2,1-2,5H3. The van der Waals surface area contributed by atoms with E-state index < -0.39 is 14.0 Å². The van der Waals surface area contributed by atoms with Gasteiger partial charge in [-0.25, -0.2) is 4.79 Å². The molecule has 0 fully saturated rings. The van der Waals surface area contributed by atoms with E-state index in [4.69, 9.17) is 14.5 Å². The molecule has 1 rings (SSSR count). The number of unbranched alkanes of at least 4 members (excludes halogenated alkanes) is 1. The van der Waals surface area contributed by atoms with Gasteiger partial charge in [-0.1, -0.05) is 68.4 Å². The van der Waals surface area contributed by atoms with Crippen molar-refractivity contribution in [2.24, 2.45) is 5.92 Å². The summed E-state index contributed by atoms with van der Waals surface area (Å²) in [5.41, 5.74) is 4.37. The van der Waals surface area contributed by atoms with Crippen molar-refractivity contribution in [3.63, 3.8) is 0 Å². The molecule has 0 N–H and O–H groups in total. The Morgan fingerprint density at radius 1 is 1.15 bits per heavy atom. The quantitative estimate of drug-likeness (QED) is 0.199. The van der Waals surface area contributed by atoms with Crippen LogP contribution in [0.5, 0.6) is 0 Å². The molecule has 0 saturated carbocycles. The zero-order valence-corrected chi connectivity index (χ0v) is 18.0. The van der Waals surface area contributed by atoms with E-state index in [-0.39, 0.29) is 6.61 Å². The lowest BCUT2D eigenvalue weighted by atomic mass is 10.0. The Morgan fingerprint density at radius 2 is 1.81 bits per heavy atom. The minimum Gasteiger partial charge on any atom is -0.379 e. The lowest BCUT2D eigenvalue weighted by Crippen LogP contribution is -2.40. The highest BCUT2D eigenvalue weighted by atomic mass is 28.3. The van der Waals surface area contributed by atoms with E-state index in [9.17, 15) is 4.79 Å². The number of hydrogen-bond donors (Lipinski definition) is 0. The van der Waals surface area contributed by atoms with E-state index in [0.29, 0.717) is 18.1 Å². The van der Waals surface area contributed by atoms with Gasteiger partial charge in [-0.15, -0.1) is 13.2 Å². The fourth-order valence-corrected chi connectivity index (χ4v) is 4.19. The number of benzene rings is 1. The predicted octanol–water partition coefficient (Wildman–Crippen LogP) is 4.74. The first-order valence-corrected chi connectivity index (χ1v) is 12.4. The highest BCUT2D eigenvalue weighted by Gasteiger charge is 2.22. The van der Waals surface area contributed by atoms with Gasteiger partial charge < -0.3 is 4.74 Å². The molecule has 0 aromatic heterocycles. The zero-order chi connectivity index (χ0) is 20.1. The molecule has 1 atom stereocenters. The number of carbonyl (C=O) groups excluding carboxylic acids is 1. The first-order chi connectivity index (χ1) is 13.0. The highest BCUT2D eigenvalue weighted by molar-refractivity contribution is 6.98. The van der Waals surface area contributed by atoms with Crippen LogP contribution < -0.4 is 5.19 Å². The molecular weight excluding hydrogens is 356 g/mol. The van der Waals surface area contributed by atoms with Gasteiger partial charge in [-0.2, -0.15) is 4.89 Å². The molecule has 27 heavy (non-hydrogen) atoms. The van der Waals surface area contributed by atoms with E-state index in [0.717, 1.165) is 18.2 Å². The minimum absolute atomic E-state index is 0.228. The van der Waals surface area contributed by atoms with Crippen molar-refractivity contribution in [1.29, 1.82) is 0 Å². The molecule has 150 valence electrons. The molecule has 5 heteroatoms. The van der Waals surface area contributed by atoms with Crippen LogP contribution in [-0.4, -0.2) is 33.9 Å². The van der Waals surface area contributed by atoms with E-state index in [1.807, 2.05) is 23.5 Å². The largest absolute Gasteiger partial charge is 0.379 e. The minimum atomic E-state index is -1.86. The van der Waals surface area contributed by atoms with E-state index in [1.54, 1.807) is 12.1 Å². The molecule has 0 aliphatic carbocycles. The number of ether oxygens (including phenoxy) is 1. The molecule has 0 aliphatic heterocycles. The third-order valence-electron chi connectivity index (χ3n) is 4.93. The van der Waals surface area contributed by atoms with E-state index >= 15 is 0 Å². The summed E-state index contributed by atoms with van der Waals surface area (Å²) in [5, 5.41) is 1.15. The summed E-state index contributed by atoms with van der Waals surface area (Å²) in [6, 6.07) is 7.34. The Morgan fingerprint density at radius 3 is 2.37 bits per heavy atom. The van der Waals surface area contributed by atoms with Crippen molar-refractivity contribution in [3.8, 4) is 0 Å². The first kappa shape index (κ1) is 23.3. The fraction of sp³-hybridized carbons (Fsp3) is 0.500. The Balaban J connectivity index is 2.33. The topological polar surface area (TPSA) is 44.8 Å². The molecule has 0 heterocycles. The van der Waals surface area contributed by atoms with Gasteiger partial charge >= 0.3 is 5.97 Å². The lowest BCUT2D eigenvalue weighted by molar-refractivity contribution is -0.247. The summed E-state index contributed by atoms with van der Waals surface area (Å²) in [7, 11) is -1.86. The summed E-state index contributed by atoms with van der Waals surface area (Å²) in [4.78, 5) is 21.9. The third kappa shape index (κ3) is 7.83. The number of rotatable bonds is 14. The van der Waals surface area contributed by atoms with Gasteiger partial charge in [0.1, 0.15) is 14.7 Å². The average Bonchev–Trinajstić information content (AvgIpc) is 2.72. The highest BCUT2D eigenvalue weighted by Crippen LogP contribution is 2.13. The SMILES string of the molecule is C=C[Si](C)(C=C)c1ccc(C(=O)OOCCOCC(CC)CCCC)cc1. The third-order valence-corrected chi connectivity index (χ3v) is 8.21. The second kappa shape index (κ2) is 12.7. The van der Waals surface area contributed by atoms with Crippen molar-refractivity contribution in [2.45, 2.75) is 46.1 Å². The molecule has 1 aromatic carbocycles. The summed E-state index contributed by atoms with van der Waals surface area (Å²) < 4.78 is 5.62. The van der Waals surface area contributed by atoms with Crippen LogP contribution in [0, 0.1) is 5.92 Å². The number of carbonyl (C=O) groups is 1. The summed E-state index contributed by atoms with van der Waals surface area (Å²) in [6.07, 6.45) is 4.75. The van der Waals surface area contributed by atoms with Gasteiger partial charge in [0.05, 0.1) is 12.2 Å². The van der Waals surface area contributed by atoms with Gasteiger partial charge in [-0.3, -0.25) is 4.89 Å². The molecule has 1 unspecified atom stereocenters. The van der Waals surface area contributed by atoms with E-state index in [1.165, 1.54) is 19.3 Å². The van der Waals surface area contributed by atoms with Crippen LogP contribution in [0.2, 0.25) is 6.55 Å². The molecule has 1 aromatic rings. The molecule has 4 nitrogen and oxygen atoms in total. The van der Waals surface area contributed by atoms with Crippen LogP contribution >= 0.6 is 0 Å². The molecule has 0 saturated heterocycles. The molecule has 0 radical (unpaired) electrons. The van der Waals surface area contributed by atoms with Crippen LogP contribution in [0.4, 0.5) is 0 Å². The summed E-state index contributed by atoms with van der Waals surface area (Å²) in [5.74, 6) is 0.0860. The molecule has 0 amide bonds. The maximum atomic E-state index is 12.0. The average molecular weight is 391 g/mol. The smallest absolute Gasteiger partial charge is 0.373 e. The predicted molar refractivity (Wildman–Crippen MR) is 114 cm³/mol. The number of hydrogen-bond acceptors (Lipinski definition) is 4. The zero-order valence-electron chi connectivity index (χ0n) is 17.0. The maximum Gasteiger partial charge on any atom is 0.373 e. The molecular formula is C22H34O4Si. The summed E-state index contributed by atoms with van der Waals surface area (Å²) in [6.45, 7) is 15.7. The van der Waals surface area contributed by atoms with Gasteiger partial charge in [-0.05, 0) is 24.5 Å². The Bertz CT molecular complexity index is 574. The normalized spacial score (nSPS) is 12.4. The van der Waals surface area contributed by atoms with Crippen LogP contribution in [0.3, 0.4) is 0 Å². The monoisotopic (exact) mass is 390 g/mol. The second-order valence-electron chi connectivity index (χ2n) is 6.95. The Kier molecular flexibility index (Phi) is 10.9. The van der Waals surface area contributed by atoms with Crippen LogP contribution in [0.25, 0.3) is 0 Å². The van der Waals surface area contributed by atoms with Crippen molar-refractivity contribution >= 4 is 19.2 Å². The van der Waals surface area contributed by atoms with Crippen molar-refractivity contribution in [3.05, 3.63) is 54.4 Å². The van der Waals surface area contributed by atoms with Gasteiger partial charge in [0.2, 0.25) is 0 Å². The van der Waals surface area contributed by atoms with Gasteiger partial charge in [0, 0.05) is 6.61 Å². The first-order valence-electron chi connectivity index (χ1n) is 9.80. The van der Waals surface area contributed by atoms with E-state index in [2.05, 4.69) is 33.6 Å². The van der Waals surface area contributed by atoms with Crippen LogP contribution in [-0.2, 0) is 14.5 Å². The fourth-order valence-electron chi connectivity index (χ4n) is 2.67. The second-order valence-corrected chi connectivity index (χ2v) is 10.9. The molecule has 0 bridgehead atoms. The van der Waals surface area contributed by atoms with Gasteiger partial charge in [0.25, 0.3) is 0 Å². The Hall–Kier alpha value is -1.69. The Labute approximate surface area is 165 Å². The van der Waals surface area contributed by atoms with Crippen LogP contribution in [0.15, 0.2) is 48.8 Å². The van der Waals surface area contributed by atoms with Crippen molar-refractivity contribution < 1.29 is 19.3 Å². The lowest BCUT2D eigenvalue weighted by Gasteiger charge is -2.19. The maximum absolute atomic E-state index is 12.0. The molecule has 0 spiro atoms. The summed E-state index contributed by atoms with van der Waals surface area (Å²) >= 11 is 0. The van der Waals surface area contributed by atoms with Gasteiger partial charge in [0.15, 0.2) is 0 Å². The van der Waals surface area contributed by atoms with Crippen LogP contribution in [0.1, 0.15) is 49.9 Å². The van der Waals surface area contributed by atoms with Crippen molar-refractivity contribution in [2.75, 3.05) is 19.8 Å².